The molecule has 3 rings (SSSR count). The highest BCUT2D eigenvalue weighted by Crippen LogP contribution is 2.32. The molecular weight excluding hydrogens is 340 g/mol. The molecule has 0 aliphatic heterocycles. The maximum absolute atomic E-state index is 12.6. The molecule has 1 saturated carbocycles. The summed E-state index contributed by atoms with van der Waals surface area (Å²) in [6, 6.07) is 7.97. The molecule has 0 unspecified atom stereocenters. The highest BCUT2D eigenvalue weighted by Gasteiger charge is 2.24. The summed E-state index contributed by atoms with van der Waals surface area (Å²) in [6.45, 7) is 1.45. The normalized spacial score (nSPS) is 14.4. The summed E-state index contributed by atoms with van der Waals surface area (Å²) >= 11 is 0. The monoisotopic (exact) mass is 362 g/mol. The maximum atomic E-state index is 12.6. The summed E-state index contributed by atoms with van der Waals surface area (Å²) < 4.78 is 29.3. The summed E-state index contributed by atoms with van der Waals surface area (Å²) in [7, 11) is -0.351. The number of aromatic nitrogens is 2. The molecule has 2 aromatic rings. The number of benzene rings is 1. The third kappa shape index (κ3) is 4.01. The third-order valence-corrected chi connectivity index (χ3v) is 5.74. The first-order chi connectivity index (χ1) is 11.8. The molecule has 0 saturated heterocycles. The van der Waals surface area contributed by atoms with Crippen molar-refractivity contribution in [1.29, 1.82) is 0 Å². The number of rotatable bonds is 6. The van der Waals surface area contributed by atoms with Crippen LogP contribution >= 0.6 is 0 Å². The van der Waals surface area contributed by atoms with E-state index in [1.807, 2.05) is 0 Å². The van der Waals surface area contributed by atoms with Crippen molar-refractivity contribution in [2.75, 3.05) is 16.7 Å². The number of nitrogens with zero attached hydrogens (tertiary/aromatic N) is 3. The number of aryl methyl sites for hydroxylation is 1. The van der Waals surface area contributed by atoms with Crippen LogP contribution in [0, 0.1) is 5.92 Å². The van der Waals surface area contributed by atoms with Crippen LogP contribution < -0.4 is 9.62 Å². The van der Waals surface area contributed by atoms with Gasteiger partial charge in [0.15, 0.2) is 0 Å². The minimum absolute atomic E-state index is 0.119. The van der Waals surface area contributed by atoms with Crippen LogP contribution in [0.15, 0.2) is 35.2 Å². The second kappa shape index (κ2) is 6.51. The van der Waals surface area contributed by atoms with E-state index in [1.165, 1.54) is 36.8 Å². The second-order valence-corrected chi connectivity index (χ2v) is 8.15. The van der Waals surface area contributed by atoms with Gasteiger partial charge in [-0.15, -0.1) is 0 Å². The van der Waals surface area contributed by atoms with Gasteiger partial charge in [0.1, 0.15) is 5.82 Å². The van der Waals surface area contributed by atoms with Gasteiger partial charge in [-0.2, -0.15) is 5.10 Å². The Hall–Kier alpha value is -2.35. The van der Waals surface area contributed by atoms with Gasteiger partial charge in [-0.25, -0.2) is 8.42 Å². The van der Waals surface area contributed by atoms with Crippen LogP contribution in [0.1, 0.15) is 25.5 Å². The zero-order chi connectivity index (χ0) is 18.2. The van der Waals surface area contributed by atoms with Crippen molar-refractivity contribution < 1.29 is 13.2 Å². The number of amides is 1. The number of anilines is 2. The fourth-order valence-corrected chi connectivity index (χ4v) is 3.65. The van der Waals surface area contributed by atoms with Crippen molar-refractivity contribution in [1.82, 2.24) is 9.78 Å². The molecule has 8 heteroatoms. The lowest BCUT2D eigenvalue weighted by molar-refractivity contribution is -0.116. The van der Waals surface area contributed by atoms with E-state index in [0.717, 1.165) is 12.1 Å². The highest BCUT2D eigenvalue weighted by molar-refractivity contribution is 7.92. The summed E-state index contributed by atoms with van der Waals surface area (Å²) in [4.78, 5) is 13.0. The van der Waals surface area contributed by atoms with Crippen LogP contribution in [0.3, 0.4) is 0 Å². The molecular formula is C17H22N4O3S. The van der Waals surface area contributed by atoms with Gasteiger partial charge in [0.05, 0.1) is 10.6 Å². The van der Waals surface area contributed by atoms with Crippen LogP contribution in [-0.2, 0) is 28.3 Å². The third-order valence-electron chi connectivity index (χ3n) is 4.37. The van der Waals surface area contributed by atoms with Crippen LogP contribution in [0.25, 0.3) is 0 Å². The fourth-order valence-electron chi connectivity index (χ4n) is 2.57. The van der Waals surface area contributed by atoms with Crippen LogP contribution in [-0.4, -0.2) is 31.2 Å². The van der Waals surface area contributed by atoms with E-state index < -0.39 is 10.0 Å². The fraction of sp³-hybridized carbons (Fsp3) is 0.412. The van der Waals surface area contributed by atoms with Gasteiger partial charge in [0.25, 0.3) is 10.0 Å². The Kier molecular flexibility index (Phi) is 4.55. The van der Waals surface area contributed by atoms with Gasteiger partial charge in [-0.3, -0.25) is 14.2 Å². The molecule has 1 heterocycles. The van der Waals surface area contributed by atoms with E-state index in [-0.39, 0.29) is 10.8 Å². The maximum Gasteiger partial charge on any atom is 0.263 e. The van der Waals surface area contributed by atoms with Crippen LogP contribution in [0.2, 0.25) is 0 Å². The summed E-state index contributed by atoms with van der Waals surface area (Å²) in [6.07, 6.45) is 3.33. The first kappa shape index (κ1) is 17.5. The van der Waals surface area contributed by atoms with Crippen molar-refractivity contribution >= 4 is 27.4 Å². The smallest absolute Gasteiger partial charge is 0.263 e. The Morgan fingerprint density at radius 1 is 1.32 bits per heavy atom. The quantitative estimate of drug-likeness (QED) is 0.853. The largest absolute Gasteiger partial charge is 0.316 e. The number of carbonyl (C=O) groups is 1. The van der Waals surface area contributed by atoms with Crippen LogP contribution in [0.5, 0.6) is 0 Å². The van der Waals surface area contributed by atoms with E-state index in [4.69, 9.17) is 0 Å². The lowest BCUT2D eigenvalue weighted by atomic mass is 10.2. The number of hydrogen-bond donors (Lipinski definition) is 1. The first-order valence-electron chi connectivity index (χ1n) is 8.16. The molecule has 1 aromatic heterocycles. The first-order valence-corrected chi connectivity index (χ1v) is 9.64. The van der Waals surface area contributed by atoms with E-state index >= 15 is 0 Å². The molecule has 0 atom stereocenters. The standard InChI is InChI=1S/C17H22N4O3S/c1-12(22)20(2)15-6-8-16(9-7-15)25(23,24)19-17-11-14(18-21(17)3)10-13-4-5-13/h6-9,11,13,19H,4-5,10H2,1-3H3. The van der Waals surface area contributed by atoms with E-state index in [0.29, 0.717) is 17.4 Å². The van der Waals surface area contributed by atoms with Gasteiger partial charge in [-0.1, -0.05) is 0 Å². The molecule has 1 aromatic carbocycles. The number of carbonyl (C=O) groups excluding carboxylic acids is 1. The molecule has 25 heavy (non-hydrogen) atoms. The van der Waals surface area contributed by atoms with E-state index in [1.54, 1.807) is 37.0 Å². The molecule has 1 aliphatic carbocycles. The SMILES string of the molecule is CC(=O)N(C)c1ccc(S(=O)(=O)Nc2cc(CC3CC3)nn2C)cc1. The van der Waals surface area contributed by atoms with Gasteiger partial charge < -0.3 is 4.90 Å². The predicted octanol–water partition coefficient (Wildman–Crippen LogP) is 2.16. The Morgan fingerprint density at radius 2 is 1.96 bits per heavy atom. The molecule has 1 N–H and O–H groups in total. The molecule has 0 spiro atoms. The molecule has 0 radical (unpaired) electrons. The minimum Gasteiger partial charge on any atom is -0.316 e. The topological polar surface area (TPSA) is 84.3 Å². The summed E-state index contributed by atoms with van der Waals surface area (Å²) in [5, 5.41) is 4.37. The van der Waals surface area contributed by atoms with E-state index in [9.17, 15) is 13.2 Å². The molecule has 7 nitrogen and oxygen atoms in total. The van der Waals surface area contributed by atoms with E-state index in [2.05, 4.69) is 9.82 Å². The van der Waals surface area contributed by atoms with Gasteiger partial charge in [-0.05, 0) is 49.4 Å². The highest BCUT2D eigenvalue weighted by atomic mass is 32.2. The van der Waals surface area contributed by atoms with Crippen molar-refractivity contribution in [3.8, 4) is 0 Å². The number of nitrogens with one attached hydrogen (secondary N) is 1. The van der Waals surface area contributed by atoms with Crippen molar-refractivity contribution in [2.24, 2.45) is 13.0 Å². The molecule has 1 aliphatic rings. The lowest BCUT2D eigenvalue weighted by Gasteiger charge is -2.15. The number of sulfonamides is 1. The molecule has 0 bridgehead atoms. The molecule has 1 fully saturated rings. The Balaban J connectivity index is 1.77. The lowest BCUT2D eigenvalue weighted by Crippen LogP contribution is -2.22. The summed E-state index contributed by atoms with van der Waals surface area (Å²) in [5.74, 6) is 1.01. The second-order valence-electron chi connectivity index (χ2n) is 6.47. The Labute approximate surface area is 147 Å². The number of hydrogen-bond acceptors (Lipinski definition) is 4. The zero-order valence-corrected chi connectivity index (χ0v) is 15.4. The van der Waals surface area contributed by atoms with Crippen LogP contribution in [0.4, 0.5) is 11.5 Å². The average molecular weight is 362 g/mol. The molecule has 1 amide bonds. The Morgan fingerprint density at radius 3 is 2.52 bits per heavy atom. The van der Waals surface area contributed by atoms with Crippen molar-refractivity contribution in [3.63, 3.8) is 0 Å². The predicted molar refractivity (Wildman–Crippen MR) is 96.0 cm³/mol. The van der Waals surface area contributed by atoms with Crippen molar-refractivity contribution in [3.05, 3.63) is 36.0 Å². The molecule has 134 valence electrons. The van der Waals surface area contributed by atoms with Gasteiger partial charge in [0.2, 0.25) is 5.91 Å². The zero-order valence-electron chi connectivity index (χ0n) is 14.6. The van der Waals surface area contributed by atoms with Crippen molar-refractivity contribution in [2.45, 2.75) is 31.1 Å². The van der Waals surface area contributed by atoms with Gasteiger partial charge >= 0.3 is 0 Å². The summed E-state index contributed by atoms with van der Waals surface area (Å²) in [5.41, 5.74) is 1.54. The average Bonchev–Trinajstić information content (AvgIpc) is 3.30. The van der Waals surface area contributed by atoms with Gasteiger partial charge in [0, 0.05) is 32.8 Å². The minimum atomic E-state index is -3.71. The Bertz CT molecular complexity index is 883.